The molecule has 1 saturated carbocycles. The molecule has 0 spiro atoms. The average Bonchev–Trinajstić information content (AvgIpc) is 2.38. The van der Waals surface area contributed by atoms with Gasteiger partial charge in [0.15, 0.2) is 0 Å². The number of sulfonamides is 1. The van der Waals surface area contributed by atoms with E-state index < -0.39 is 21.5 Å². The maximum absolute atomic E-state index is 12.3. The van der Waals surface area contributed by atoms with Gasteiger partial charge in [-0.2, -0.15) is 0 Å². The lowest BCUT2D eigenvalue weighted by molar-refractivity contribution is -0.0645. The van der Waals surface area contributed by atoms with Gasteiger partial charge in [-0.05, 0) is 30.0 Å². The fraction of sp³-hybridized carbons (Fsp3) is 0.600. The van der Waals surface area contributed by atoms with Gasteiger partial charge in [0, 0.05) is 11.5 Å². The van der Waals surface area contributed by atoms with Crippen LogP contribution in [0.15, 0.2) is 29.2 Å². The summed E-state index contributed by atoms with van der Waals surface area (Å²) in [6.45, 7) is 7.88. The Kier molecular flexibility index (Phi) is 3.97. The number of hydrogen-bond acceptors (Lipinski definition) is 3. The van der Waals surface area contributed by atoms with E-state index >= 15 is 0 Å². The largest absolute Gasteiger partial charge is 0.392 e. The molecule has 0 amide bonds. The lowest BCUT2D eigenvalue weighted by Gasteiger charge is -2.49. The number of nitrogens with one attached hydrogen (secondary N) is 1. The summed E-state index contributed by atoms with van der Waals surface area (Å²) in [5, 5.41) is 9.68. The lowest BCUT2D eigenvalue weighted by Crippen LogP contribution is -2.61. The molecule has 1 aliphatic rings. The van der Waals surface area contributed by atoms with Crippen molar-refractivity contribution in [1.82, 2.24) is 4.72 Å². The third kappa shape index (κ3) is 2.75. The summed E-state index contributed by atoms with van der Waals surface area (Å²) in [5.41, 5.74) is 0.702. The molecule has 0 bridgehead atoms. The lowest BCUT2D eigenvalue weighted by atomic mass is 9.65. The smallest absolute Gasteiger partial charge is 0.240 e. The predicted octanol–water partition coefficient (Wildman–Crippen LogP) is 2.25. The Morgan fingerprint density at radius 2 is 1.80 bits per heavy atom. The molecular weight excluding hydrogens is 274 g/mol. The van der Waals surface area contributed by atoms with E-state index in [1.54, 1.807) is 12.1 Å². The van der Waals surface area contributed by atoms with E-state index in [0.717, 1.165) is 5.56 Å². The van der Waals surface area contributed by atoms with E-state index in [1.165, 1.54) is 0 Å². The van der Waals surface area contributed by atoms with E-state index in [9.17, 15) is 13.5 Å². The van der Waals surface area contributed by atoms with Gasteiger partial charge in [-0.1, -0.05) is 39.8 Å². The zero-order valence-electron chi connectivity index (χ0n) is 12.4. The number of benzene rings is 1. The van der Waals surface area contributed by atoms with E-state index in [4.69, 9.17) is 0 Å². The highest BCUT2D eigenvalue weighted by atomic mass is 32.2. The van der Waals surface area contributed by atoms with E-state index in [0.29, 0.717) is 12.3 Å². The molecule has 4 nitrogen and oxygen atoms in total. The van der Waals surface area contributed by atoms with Crippen LogP contribution in [0.1, 0.15) is 45.6 Å². The Morgan fingerprint density at radius 1 is 1.25 bits per heavy atom. The molecule has 2 atom stereocenters. The second-order valence-electron chi connectivity index (χ2n) is 6.47. The highest BCUT2D eigenvalue weighted by molar-refractivity contribution is 7.89. The van der Waals surface area contributed by atoms with Gasteiger partial charge in [-0.3, -0.25) is 0 Å². The van der Waals surface area contributed by atoms with Crippen LogP contribution in [0.5, 0.6) is 0 Å². The van der Waals surface area contributed by atoms with E-state index in [-0.39, 0.29) is 10.9 Å². The van der Waals surface area contributed by atoms with Crippen LogP contribution in [0.3, 0.4) is 0 Å². The molecule has 2 N–H and O–H groups in total. The van der Waals surface area contributed by atoms with Crippen LogP contribution < -0.4 is 4.72 Å². The van der Waals surface area contributed by atoms with Crippen LogP contribution in [-0.2, 0) is 10.0 Å². The summed E-state index contributed by atoms with van der Waals surface area (Å²) in [6.07, 6.45) is 0.0227. The molecule has 1 aromatic carbocycles. The van der Waals surface area contributed by atoms with Crippen LogP contribution in [0.4, 0.5) is 0 Å². The van der Waals surface area contributed by atoms with Crippen molar-refractivity contribution < 1.29 is 13.5 Å². The van der Waals surface area contributed by atoms with E-state index in [2.05, 4.69) is 18.6 Å². The molecule has 1 aromatic rings. The number of hydrogen-bond donors (Lipinski definition) is 2. The van der Waals surface area contributed by atoms with Crippen molar-refractivity contribution in [3.63, 3.8) is 0 Å². The first-order valence-electron chi connectivity index (χ1n) is 6.95. The standard InChI is InChI=1S/C15H23NO3S/c1-10(2)11-5-7-12(8-6-11)20(18,19)16-13-9-14(17)15(13,3)4/h5-8,10,13-14,16-17H,9H2,1-4H3. The second-order valence-corrected chi connectivity index (χ2v) is 8.18. The van der Waals surface area contributed by atoms with Gasteiger partial charge in [0.1, 0.15) is 0 Å². The van der Waals surface area contributed by atoms with E-state index in [1.807, 2.05) is 26.0 Å². The third-order valence-electron chi connectivity index (χ3n) is 4.37. The molecule has 0 aliphatic heterocycles. The molecule has 2 rings (SSSR count). The summed E-state index contributed by atoms with van der Waals surface area (Å²) in [7, 11) is -3.52. The molecule has 20 heavy (non-hydrogen) atoms. The van der Waals surface area contributed by atoms with Crippen LogP contribution in [0, 0.1) is 5.41 Å². The van der Waals surface area contributed by atoms with Crippen molar-refractivity contribution in [1.29, 1.82) is 0 Å². The molecule has 1 aliphatic carbocycles. The minimum atomic E-state index is -3.52. The predicted molar refractivity (Wildman–Crippen MR) is 79.0 cm³/mol. The average molecular weight is 297 g/mol. The van der Waals surface area contributed by atoms with Crippen molar-refractivity contribution >= 4 is 10.0 Å². The van der Waals surface area contributed by atoms with Crippen molar-refractivity contribution in [2.24, 2.45) is 5.41 Å². The van der Waals surface area contributed by atoms with Gasteiger partial charge >= 0.3 is 0 Å². The Balaban J connectivity index is 2.15. The van der Waals surface area contributed by atoms with Crippen molar-refractivity contribution in [3.05, 3.63) is 29.8 Å². The first kappa shape index (κ1) is 15.5. The van der Waals surface area contributed by atoms with Gasteiger partial charge in [-0.25, -0.2) is 13.1 Å². The molecule has 0 heterocycles. The quantitative estimate of drug-likeness (QED) is 0.895. The number of aliphatic hydroxyl groups excluding tert-OH is 1. The summed E-state index contributed by atoms with van der Waals surface area (Å²) >= 11 is 0. The number of aliphatic hydroxyl groups is 1. The topological polar surface area (TPSA) is 66.4 Å². The summed E-state index contributed by atoms with van der Waals surface area (Å²) in [5.74, 6) is 0.375. The third-order valence-corrected chi connectivity index (χ3v) is 5.86. The Morgan fingerprint density at radius 3 is 2.20 bits per heavy atom. The molecule has 2 unspecified atom stereocenters. The fourth-order valence-corrected chi connectivity index (χ4v) is 3.79. The molecule has 5 heteroatoms. The molecule has 0 aromatic heterocycles. The zero-order valence-corrected chi connectivity index (χ0v) is 13.2. The molecule has 1 fully saturated rings. The van der Waals surface area contributed by atoms with Gasteiger partial charge in [0.25, 0.3) is 0 Å². The zero-order chi connectivity index (χ0) is 15.1. The first-order chi connectivity index (χ1) is 9.14. The molecule has 0 saturated heterocycles. The summed E-state index contributed by atoms with van der Waals surface area (Å²) < 4.78 is 27.3. The Bertz CT molecular complexity index is 576. The molecular formula is C15H23NO3S. The Hall–Kier alpha value is -0.910. The van der Waals surface area contributed by atoms with Gasteiger partial charge in [-0.15, -0.1) is 0 Å². The van der Waals surface area contributed by atoms with Gasteiger partial charge in [0.2, 0.25) is 10.0 Å². The molecule has 0 radical (unpaired) electrons. The van der Waals surface area contributed by atoms with Gasteiger partial charge in [0.05, 0.1) is 11.0 Å². The first-order valence-corrected chi connectivity index (χ1v) is 8.43. The van der Waals surface area contributed by atoms with Crippen LogP contribution >= 0.6 is 0 Å². The number of rotatable bonds is 4. The van der Waals surface area contributed by atoms with Gasteiger partial charge < -0.3 is 5.11 Å². The minimum Gasteiger partial charge on any atom is -0.392 e. The second kappa shape index (κ2) is 5.13. The summed E-state index contributed by atoms with van der Waals surface area (Å²) in [4.78, 5) is 0.277. The fourth-order valence-electron chi connectivity index (χ4n) is 2.39. The Labute approximate surface area is 121 Å². The minimum absolute atomic E-state index is 0.215. The van der Waals surface area contributed by atoms with Crippen molar-refractivity contribution in [2.45, 2.75) is 57.1 Å². The monoisotopic (exact) mass is 297 g/mol. The van der Waals surface area contributed by atoms with Crippen LogP contribution in [0.2, 0.25) is 0 Å². The maximum atomic E-state index is 12.3. The molecule has 112 valence electrons. The highest BCUT2D eigenvalue weighted by Gasteiger charge is 2.48. The normalized spacial score (nSPS) is 25.5. The van der Waals surface area contributed by atoms with Crippen LogP contribution in [0.25, 0.3) is 0 Å². The maximum Gasteiger partial charge on any atom is 0.240 e. The highest BCUT2D eigenvalue weighted by Crippen LogP contribution is 2.41. The SMILES string of the molecule is CC(C)c1ccc(S(=O)(=O)NC2CC(O)C2(C)C)cc1. The van der Waals surface area contributed by atoms with Crippen molar-refractivity contribution in [3.8, 4) is 0 Å². The van der Waals surface area contributed by atoms with Crippen molar-refractivity contribution in [2.75, 3.05) is 0 Å². The van der Waals surface area contributed by atoms with Crippen LogP contribution in [-0.4, -0.2) is 25.7 Å². The summed E-state index contributed by atoms with van der Waals surface area (Å²) in [6, 6.07) is 6.76.